The second-order valence-electron chi connectivity index (χ2n) is 7.59. The molecule has 8 nitrogen and oxygen atoms in total. The third kappa shape index (κ3) is 4.51. The third-order valence-electron chi connectivity index (χ3n) is 5.28. The van der Waals surface area contributed by atoms with Crippen LogP contribution in [-0.2, 0) is 6.54 Å². The van der Waals surface area contributed by atoms with Gasteiger partial charge in [-0.15, -0.1) is 0 Å². The van der Waals surface area contributed by atoms with Crippen molar-refractivity contribution in [3.63, 3.8) is 0 Å². The van der Waals surface area contributed by atoms with Crippen LogP contribution in [0.1, 0.15) is 40.2 Å². The summed E-state index contributed by atoms with van der Waals surface area (Å²) in [6.45, 7) is 0.189. The Morgan fingerprint density at radius 3 is 2.53 bits per heavy atom. The highest BCUT2D eigenvalue weighted by molar-refractivity contribution is 6.12. The minimum Gasteiger partial charge on any atom is -0.369 e. The zero-order valence-corrected chi connectivity index (χ0v) is 17.0. The van der Waals surface area contributed by atoms with E-state index in [0.717, 1.165) is 37.0 Å². The first-order chi connectivity index (χ1) is 15.2. The largest absolute Gasteiger partial charge is 0.408 e. The van der Waals surface area contributed by atoms with E-state index in [0.29, 0.717) is 11.4 Å². The van der Waals surface area contributed by atoms with Gasteiger partial charge in [0.25, 0.3) is 11.8 Å². The molecule has 4 rings (SSSR count). The minimum atomic E-state index is -4.49. The molecule has 1 aliphatic rings. The molecule has 0 spiro atoms. The number of alkyl halides is 3. The second kappa shape index (κ2) is 8.48. The molecule has 2 amide bonds. The van der Waals surface area contributed by atoms with Crippen molar-refractivity contribution in [2.75, 3.05) is 23.3 Å². The fourth-order valence-corrected chi connectivity index (χ4v) is 3.84. The Hall–Kier alpha value is -3.63. The van der Waals surface area contributed by atoms with Gasteiger partial charge in [-0.2, -0.15) is 18.3 Å². The molecule has 3 aromatic rings. The highest BCUT2D eigenvalue weighted by atomic mass is 19.4. The molecule has 0 bridgehead atoms. The summed E-state index contributed by atoms with van der Waals surface area (Å²) in [5, 5.41) is 6.93. The molecule has 2 aromatic heterocycles. The lowest BCUT2D eigenvalue weighted by Crippen LogP contribution is -2.31. The molecule has 0 atom stereocenters. The number of fused-ring (bicyclic) bond motifs is 1. The molecule has 168 valence electrons. The number of nitrogens with one attached hydrogen (secondary N) is 1. The summed E-state index contributed by atoms with van der Waals surface area (Å²) >= 11 is 0. The van der Waals surface area contributed by atoms with Crippen LogP contribution in [0, 0.1) is 0 Å². The Morgan fingerprint density at radius 1 is 1.12 bits per heavy atom. The van der Waals surface area contributed by atoms with Crippen molar-refractivity contribution in [3.8, 4) is 0 Å². The summed E-state index contributed by atoms with van der Waals surface area (Å²) in [4.78, 5) is 30.8. The first kappa shape index (κ1) is 21.6. The molecule has 3 heterocycles. The number of hydrogen-bond acceptors (Lipinski definition) is 5. The SMILES string of the molecule is NC(=O)c1cc(NC(=O)c2nn(CC(F)(F)F)c3ccccc23)c(N2CCCCC2)cn1. The molecular weight excluding hydrogens is 425 g/mol. The first-order valence-corrected chi connectivity index (χ1v) is 10.1. The summed E-state index contributed by atoms with van der Waals surface area (Å²) in [6.07, 6.45) is 0.00928. The zero-order valence-electron chi connectivity index (χ0n) is 17.0. The molecule has 0 saturated carbocycles. The maximum Gasteiger partial charge on any atom is 0.408 e. The Bertz CT molecular complexity index is 1170. The standard InChI is InChI=1S/C21H21F3N6O2/c22-21(23,24)12-30-16-7-3-2-6-13(16)18(28-30)20(32)27-14-10-15(19(25)31)26-11-17(14)29-8-4-1-5-9-29/h2-3,6-7,10-11H,1,4-5,8-9,12H2,(H2,25,31)(H,26,27,32). The molecule has 1 saturated heterocycles. The first-order valence-electron chi connectivity index (χ1n) is 10.1. The van der Waals surface area contributed by atoms with Gasteiger partial charge in [0.05, 0.1) is 23.1 Å². The van der Waals surface area contributed by atoms with Crippen molar-refractivity contribution in [2.24, 2.45) is 5.73 Å². The van der Waals surface area contributed by atoms with E-state index in [1.807, 2.05) is 4.90 Å². The normalized spacial score (nSPS) is 14.5. The van der Waals surface area contributed by atoms with E-state index in [1.54, 1.807) is 12.1 Å². The van der Waals surface area contributed by atoms with Crippen molar-refractivity contribution in [2.45, 2.75) is 32.0 Å². The van der Waals surface area contributed by atoms with Crippen LogP contribution in [0.5, 0.6) is 0 Å². The van der Waals surface area contributed by atoms with Gasteiger partial charge in [0.15, 0.2) is 5.69 Å². The predicted molar refractivity (Wildman–Crippen MR) is 113 cm³/mol. The minimum absolute atomic E-state index is 0.0338. The van der Waals surface area contributed by atoms with E-state index in [4.69, 9.17) is 5.73 Å². The van der Waals surface area contributed by atoms with E-state index < -0.39 is 24.5 Å². The molecule has 0 aliphatic carbocycles. The summed E-state index contributed by atoms with van der Waals surface area (Å²) in [7, 11) is 0. The van der Waals surface area contributed by atoms with E-state index >= 15 is 0 Å². The number of carbonyl (C=O) groups is 2. The van der Waals surface area contributed by atoms with Gasteiger partial charge in [0.1, 0.15) is 12.2 Å². The number of nitrogens with two attached hydrogens (primary N) is 1. The van der Waals surface area contributed by atoms with E-state index in [2.05, 4.69) is 15.4 Å². The number of rotatable bonds is 5. The van der Waals surface area contributed by atoms with Gasteiger partial charge >= 0.3 is 6.18 Å². The van der Waals surface area contributed by atoms with Crippen LogP contribution in [0.25, 0.3) is 10.9 Å². The molecule has 0 radical (unpaired) electrons. The number of para-hydroxylation sites is 1. The lowest BCUT2D eigenvalue weighted by Gasteiger charge is -2.30. The van der Waals surface area contributed by atoms with Crippen molar-refractivity contribution < 1.29 is 22.8 Å². The molecule has 11 heteroatoms. The average molecular weight is 446 g/mol. The van der Waals surface area contributed by atoms with Crippen molar-refractivity contribution in [1.82, 2.24) is 14.8 Å². The smallest absolute Gasteiger partial charge is 0.369 e. The van der Waals surface area contributed by atoms with Crippen LogP contribution >= 0.6 is 0 Å². The average Bonchev–Trinajstić information content (AvgIpc) is 3.11. The van der Waals surface area contributed by atoms with Gasteiger partial charge in [-0.1, -0.05) is 18.2 Å². The van der Waals surface area contributed by atoms with E-state index in [-0.39, 0.29) is 22.3 Å². The molecule has 32 heavy (non-hydrogen) atoms. The fraction of sp³-hybridized carbons (Fsp3) is 0.333. The number of piperidine rings is 1. The lowest BCUT2D eigenvalue weighted by molar-refractivity contribution is -0.141. The zero-order chi connectivity index (χ0) is 22.9. The van der Waals surface area contributed by atoms with Gasteiger partial charge < -0.3 is 16.0 Å². The van der Waals surface area contributed by atoms with Crippen molar-refractivity contribution in [3.05, 3.63) is 47.9 Å². The summed E-state index contributed by atoms with van der Waals surface area (Å²) in [5.74, 6) is -1.45. The van der Waals surface area contributed by atoms with Crippen LogP contribution in [0.15, 0.2) is 36.5 Å². The van der Waals surface area contributed by atoms with Crippen LogP contribution in [-0.4, -0.2) is 45.8 Å². The Kier molecular flexibility index (Phi) is 5.72. The summed E-state index contributed by atoms with van der Waals surface area (Å²) in [6, 6.07) is 7.59. The third-order valence-corrected chi connectivity index (χ3v) is 5.28. The van der Waals surface area contributed by atoms with E-state index in [1.165, 1.54) is 24.4 Å². The van der Waals surface area contributed by atoms with Gasteiger partial charge in [0, 0.05) is 18.5 Å². The second-order valence-corrected chi connectivity index (χ2v) is 7.59. The number of carbonyl (C=O) groups excluding carboxylic acids is 2. The van der Waals surface area contributed by atoms with Crippen LogP contribution in [0.3, 0.4) is 0 Å². The quantitative estimate of drug-likeness (QED) is 0.625. The number of aromatic nitrogens is 3. The summed E-state index contributed by atoms with van der Waals surface area (Å²) in [5.41, 5.74) is 6.27. The maximum absolute atomic E-state index is 13.1. The lowest BCUT2D eigenvalue weighted by atomic mass is 10.1. The van der Waals surface area contributed by atoms with Gasteiger partial charge in [-0.05, 0) is 31.4 Å². The number of primary amides is 1. The van der Waals surface area contributed by atoms with Gasteiger partial charge in [0.2, 0.25) is 0 Å². The number of halogens is 3. The fourth-order valence-electron chi connectivity index (χ4n) is 3.84. The topological polar surface area (TPSA) is 106 Å². The van der Waals surface area contributed by atoms with Gasteiger partial charge in [-0.25, -0.2) is 4.98 Å². The van der Waals surface area contributed by atoms with E-state index in [9.17, 15) is 22.8 Å². The number of anilines is 2. The van der Waals surface area contributed by atoms with Crippen LogP contribution in [0.2, 0.25) is 0 Å². The number of amides is 2. The summed E-state index contributed by atoms with van der Waals surface area (Å²) < 4.78 is 39.7. The number of pyridine rings is 1. The maximum atomic E-state index is 13.1. The highest BCUT2D eigenvalue weighted by Gasteiger charge is 2.31. The number of benzene rings is 1. The number of nitrogens with zero attached hydrogens (tertiary/aromatic N) is 4. The Morgan fingerprint density at radius 2 is 1.84 bits per heavy atom. The molecule has 1 fully saturated rings. The number of hydrogen-bond donors (Lipinski definition) is 2. The van der Waals surface area contributed by atoms with Crippen molar-refractivity contribution >= 4 is 34.1 Å². The molecule has 1 aromatic carbocycles. The molecule has 0 unspecified atom stereocenters. The predicted octanol–water partition coefficient (Wildman–Crippen LogP) is 3.34. The Labute approximate surface area is 181 Å². The Balaban J connectivity index is 1.71. The van der Waals surface area contributed by atoms with Gasteiger partial charge in [-0.3, -0.25) is 14.3 Å². The molecular formula is C21H21F3N6O2. The highest BCUT2D eigenvalue weighted by Crippen LogP contribution is 2.30. The monoisotopic (exact) mass is 446 g/mol. The molecule has 3 N–H and O–H groups in total. The van der Waals surface area contributed by atoms with Crippen LogP contribution in [0.4, 0.5) is 24.5 Å². The van der Waals surface area contributed by atoms with Crippen LogP contribution < -0.4 is 16.0 Å². The van der Waals surface area contributed by atoms with Crippen molar-refractivity contribution in [1.29, 1.82) is 0 Å². The molecule has 1 aliphatic heterocycles.